The molecule has 0 radical (unpaired) electrons. The molecule has 0 saturated carbocycles. The van der Waals surface area contributed by atoms with E-state index in [1.807, 2.05) is 31.2 Å². The van der Waals surface area contributed by atoms with Crippen molar-refractivity contribution in [2.24, 2.45) is 5.16 Å². The first-order valence-electron chi connectivity index (χ1n) is 9.25. The van der Waals surface area contributed by atoms with Crippen molar-refractivity contribution < 1.29 is 19.1 Å². The van der Waals surface area contributed by atoms with Crippen LogP contribution < -0.4 is 4.74 Å². The van der Waals surface area contributed by atoms with Gasteiger partial charge in [0, 0.05) is 6.42 Å². The van der Waals surface area contributed by atoms with Crippen molar-refractivity contribution in [2.75, 3.05) is 19.8 Å². The van der Waals surface area contributed by atoms with Crippen LogP contribution in [0.1, 0.15) is 37.0 Å². The molecule has 27 heavy (non-hydrogen) atoms. The minimum absolute atomic E-state index is 0.0932. The number of carbonyl (C=O) groups excluding carboxylic acids is 1. The molecule has 144 valence electrons. The Morgan fingerprint density at radius 1 is 1.00 bits per heavy atom. The topological polar surface area (TPSA) is 57.1 Å². The van der Waals surface area contributed by atoms with Crippen LogP contribution in [0.25, 0.3) is 0 Å². The molecule has 0 aliphatic rings. The van der Waals surface area contributed by atoms with Gasteiger partial charge < -0.3 is 14.3 Å². The quantitative estimate of drug-likeness (QED) is 0.271. The van der Waals surface area contributed by atoms with Crippen LogP contribution in [0.4, 0.5) is 0 Å². The molecule has 0 saturated heterocycles. The summed E-state index contributed by atoms with van der Waals surface area (Å²) in [5, 5.41) is 4.28. The molecule has 0 aliphatic heterocycles. The number of carbonyl (C=O) groups is 1. The fraction of sp³-hybridized carbons (Fsp3) is 0.364. The second-order valence-electron chi connectivity index (χ2n) is 6.08. The van der Waals surface area contributed by atoms with Crippen molar-refractivity contribution in [1.29, 1.82) is 0 Å². The van der Waals surface area contributed by atoms with Crippen LogP contribution in [0.5, 0.6) is 5.75 Å². The molecule has 0 unspecified atom stereocenters. The Balaban J connectivity index is 1.85. The molecule has 5 nitrogen and oxygen atoms in total. The predicted molar refractivity (Wildman–Crippen MR) is 106 cm³/mol. The average molecular weight is 369 g/mol. The van der Waals surface area contributed by atoms with Crippen molar-refractivity contribution in [3.05, 3.63) is 65.2 Å². The Morgan fingerprint density at radius 2 is 1.70 bits per heavy atom. The van der Waals surface area contributed by atoms with Gasteiger partial charge in [-0.3, -0.25) is 0 Å². The number of rotatable bonds is 10. The Kier molecular flexibility index (Phi) is 8.36. The van der Waals surface area contributed by atoms with Gasteiger partial charge in [-0.2, -0.15) is 0 Å². The van der Waals surface area contributed by atoms with Gasteiger partial charge in [0.15, 0.2) is 6.61 Å². The van der Waals surface area contributed by atoms with E-state index in [4.69, 9.17) is 14.3 Å². The van der Waals surface area contributed by atoms with Crippen LogP contribution in [-0.4, -0.2) is 31.5 Å². The summed E-state index contributed by atoms with van der Waals surface area (Å²) in [4.78, 5) is 16.8. The third kappa shape index (κ3) is 7.13. The van der Waals surface area contributed by atoms with Crippen LogP contribution in [0.3, 0.4) is 0 Å². The van der Waals surface area contributed by atoms with E-state index >= 15 is 0 Å². The number of hydrogen-bond donors (Lipinski definition) is 0. The highest BCUT2D eigenvalue weighted by atomic mass is 16.6. The van der Waals surface area contributed by atoms with Gasteiger partial charge in [-0.25, -0.2) is 4.79 Å². The highest BCUT2D eigenvalue weighted by Crippen LogP contribution is 2.14. The van der Waals surface area contributed by atoms with Crippen LogP contribution in [0.2, 0.25) is 0 Å². The molecular weight excluding hydrogens is 342 g/mol. The number of nitrogens with zero attached hydrogens (tertiary/aromatic N) is 1. The van der Waals surface area contributed by atoms with Crippen molar-refractivity contribution in [3.63, 3.8) is 0 Å². The fourth-order valence-corrected chi connectivity index (χ4v) is 2.45. The molecule has 0 spiro atoms. The lowest BCUT2D eigenvalue weighted by atomic mass is 10.1. The predicted octanol–water partition coefficient (Wildman–Crippen LogP) is 4.31. The molecule has 0 aliphatic carbocycles. The Morgan fingerprint density at radius 3 is 2.33 bits per heavy atom. The van der Waals surface area contributed by atoms with Crippen LogP contribution in [0, 0.1) is 6.92 Å². The summed E-state index contributed by atoms with van der Waals surface area (Å²) in [6.45, 7) is 6.67. The number of oxime groups is 1. The molecule has 0 bridgehead atoms. The van der Waals surface area contributed by atoms with E-state index in [0.29, 0.717) is 19.0 Å². The van der Waals surface area contributed by atoms with Crippen LogP contribution in [-0.2, 0) is 20.8 Å². The summed E-state index contributed by atoms with van der Waals surface area (Å²) in [7, 11) is 0. The first-order chi connectivity index (χ1) is 13.1. The molecule has 0 amide bonds. The summed E-state index contributed by atoms with van der Waals surface area (Å²) >= 11 is 0. The molecule has 0 aromatic heterocycles. The number of esters is 1. The lowest BCUT2D eigenvalue weighted by Gasteiger charge is -2.08. The summed E-state index contributed by atoms with van der Waals surface area (Å²) in [6.07, 6.45) is 1.58. The van der Waals surface area contributed by atoms with Gasteiger partial charge >= 0.3 is 5.97 Å². The average Bonchev–Trinajstić information content (AvgIpc) is 2.69. The molecule has 0 heterocycles. The number of aryl methyl sites for hydroxylation is 1. The summed E-state index contributed by atoms with van der Waals surface area (Å²) in [5.41, 5.74) is 4.32. The maximum absolute atomic E-state index is 11.3. The van der Waals surface area contributed by atoms with E-state index in [9.17, 15) is 4.79 Å². The maximum Gasteiger partial charge on any atom is 0.344 e. The van der Waals surface area contributed by atoms with E-state index in [2.05, 4.69) is 36.3 Å². The normalized spacial score (nSPS) is 11.1. The van der Waals surface area contributed by atoms with Crippen LogP contribution >= 0.6 is 0 Å². The van der Waals surface area contributed by atoms with Crippen molar-refractivity contribution in [2.45, 2.75) is 33.6 Å². The second-order valence-corrected chi connectivity index (χ2v) is 6.08. The van der Waals surface area contributed by atoms with Crippen LogP contribution in [0.15, 0.2) is 53.7 Å². The number of hydrogen-bond acceptors (Lipinski definition) is 5. The zero-order valence-electron chi connectivity index (χ0n) is 16.2. The molecule has 0 atom stereocenters. The van der Waals surface area contributed by atoms with Gasteiger partial charge in [0.25, 0.3) is 0 Å². The third-order valence-corrected chi connectivity index (χ3v) is 3.96. The Labute approximate surface area is 160 Å². The van der Waals surface area contributed by atoms with Gasteiger partial charge in [-0.05, 0) is 55.7 Å². The zero-order valence-corrected chi connectivity index (χ0v) is 16.2. The minimum Gasteiger partial charge on any atom is -0.482 e. The zero-order chi connectivity index (χ0) is 19.5. The molecule has 5 heteroatoms. The summed E-state index contributed by atoms with van der Waals surface area (Å²) in [5.74, 6) is 0.238. The van der Waals surface area contributed by atoms with E-state index in [0.717, 1.165) is 24.1 Å². The lowest BCUT2D eigenvalue weighted by Crippen LogP contribution is -2.14. The Hall–Kier alpha value is -2.82. The SMILES string of the molecule is CCOC(=O)COc1ccc(/C(CC)=N/OCCc2ccc(C)cc2)cc1. The largest absolute Gasteiger partial charge is 0.482 e. The monoisotopic (exact) mass is 369 g/mol. The number of ether oxygens (including phenoxy) is 2. The molecule has 2 aromatic rings. The smallest absolute Gasteiger partial charge is 0.344 e. The first-order valence-corrected chi connectivity index (χ1v) is 9.25. The molecule has 0 N–H and O–H groups in total. The van der Waals surface area contributed by atoms with Gasteiger partial charge in [-0.15, -0.1) is 0 Å². The maximum atomic E-state index is 11.3. The van der Waals surface area contributed by atoms with Crippen molar-refractivity contribution >= 4 is 11.7 Å². The molecule has 2 rings (SSSR count). The van der Waals surface area contributed by atoms with Gasteiger partial charge in [0.05, 0.1) is 12.3 Å². The highest BCUT2D eigenvalue weighted by Gasteiger charge is 2.06. The second kappa shape index (κ2) is 11.0. The van der Waals surface area contributed by atoms with Crippen molar-refractivity contribution in [3.8, 4) is 5.75 Å². The first kappa shape index (κ1) is 20.5. The highest BCUT2D eigenvalue weighted by molar-refractivity contribution is 6.00. The van der Waals surface area contributed by atoms with Gasteiger partial charge in [0.2, 0.25) is 0 Å². The van der Waals surface area contributed by atoms with E-state index in [1.54, 1.807) is 6.92 Å². The number of benzene rings is 2. The van der Waals surface area contributed by atoms with Gasteiger partial charge in [0.1, 0.15) is 12.4 Å². The lowest BCUT2D eigenvalue weighted by molar-refractivity contribution is -0.145. The third-order valence-electron chi connectivity index (χ3n) is 3.96. The molecule has 0 fully saturated rings. The summed E-state index contributed by atoms with van der Waals surface area (Å²) in [6, 6.07) is 15.9. The van der Waals surface area contributed by atoms with E-state index in [1.165, 1.54) is 11.1 Å². The standard InChI is InChI=1S/C22H27NO4/c1-4-21(23-27-15-14-18-8-6-17(3)7-9-18)19-10-12-20(13-11-19)26-16-22(24)25-5-2/h6-13H,4-5,14-16H2,1-3H3/b23-21+. The summed E-state index contributed by atoms with van der Waals surface area (Å²) < 4.78 is 10.2. The van der Waals surface area contributed by atoms with E-state index in [-0.39, 0.29) is 12.6 Å². The minimum atomic E-state index is -0.376. The molecule has 2 aromatic carbocycles. The van der Waals surface area contributed by atoms with Gasteiger partial charge in [-0.1, -0.05) is 41.9 Å². The Bertz CT molecular complexity index is 736. The molecular formula is C22H27NO4. The van der Waals surface area contributed by atoms with Crippen molar-refractivity contribution in [1.82, 2.24) is 0 Å². The van der Waals surface area contributed by atoms with E-state index < -0.39 is 0 Å². The fourth-order valence-electron chi connectivity index (χ4n) is 2.45.